The summed E-state index contributed by atoms with van der Waals surface area (Å²) in [6.07, 6.45) is 4.18. The molecule has 0 atom stereocenters. The Morgan fingerprint density at radius 2 is 1.54 bits per heavy atom. The van der Waals surface area contributed by atoms with E-state index in [0.29, 0.717) is 35.2 Å². The molecule has 0 saturated heterocycles. The first-order valence-corrected chi connectivity index (χ1v) is 8.38. The Balaban J connectivity index is 2.17. The zero-order valence-electron chi connectivity index (χ0n) is 15.6. The minimum atomic E-state index is -0.128. The predicted molar refractivity (Wildman–Crippen MR) is 102 cm³/mol. The fraction of sp³-hybridized carbons (Fsp3) is 0.286. The molecule has 2 aromatic rings. The molecule has 0 aliphatic heterocycles. The molecule has 0 amide bonds. The number of methoxy groups -OCH3 is 3. The molecule has 0 aliphatic rings. The fourth-order valence-corrected chi connectivity index (χ4v) is 2.38. The SMILES string of the molecule is CCCOc1ccc(/C=C/C(=O)c2ccc(OC)c(OC)c2)cc1OC. The van der Waals surface area contributed by atoms with Gasteiger partial charge in [-0.15, -0.1) is 0 Å². The first-order chi connectivity index (χ1) is 12.6. The molecule has 138 valence electrons. The van der Waals surface area contributed by atoms with Gasteiger partial charge in [-0.2, -0.15) is 0 Å². The number of carbonyl (C=O) groups excluding carboxylic acids is 1. The van der Waals surface area contributed by atoms with Crippen molar-refractivity contribution in [1.82, 2.24) is 0 Å². The minimum Gasteiger partial charge on any atom is -0.493 e. The lowest BCUT2D eigenvalue weighted by Gasteiger charge is -2.10. The van der Waals surface area contributed by atoms with Crippen molar-refractivity contribution in [3.63, 3.8) is 0 Å². The Morgan fingerprint density at radius 3 is 2.19 bits per heavy atom. The highest BCUT2D eigenvalue weighted by Gasteiger charge is 2.09. The van der Waals surface area contributed by atoms with Crippen LogP contribution in [0.3, 0.4) is 0 Å². The van der Waals surface area contributed by atoms with Crippen LogP contribution >= 0.6 is 0 Å². The molecule has 0 fully saturated rings. The van der Waals surface area contributed by atoms with Gasteiger partial charge in [0.05, 0.1) is 27.9 Å². The summed E-state index contributed by atoms with van der Waals surface area (Å²) < 4.78 is 21.4. The van der Waals surface area contributed by atoms with E-state index in [1.165, 1.54) is 13.2 Å². The van der Waals surface area contributed by atoms with E-state index in [2.05, 4.69) is 0 Å². The third-order valence-electron chi connectivity index (χ3n) is 3.74. The van der Waals surface area contributed by atoms with E-state index in [1.807, 2.05) is 25.1 Å². The average Bonchev–Trinajstić information content (AvgIpc) is 2.69. The largest absolute Gasteiger partial charge is 0.493 e. The average molecular weight is 356 g/mol. The van der Waals surface area contributed by atoms with E-state index in [9.17, 15) is 4.79 Å². The quantitative estimate of drug-likeness (QED) is 0.492. The van der Waals surface area contributed by atoms with Crippen molar-refractivity contribution in [3.8, 4) is 23.0 Å². The zero-order valence-corrected chi connectivity index (χ0v) is 15.6. The van der Waals surface area contributed by atoms with Crippen molar-refractivity contribution in [1.29, 1.82) is 0 Å². The number of hydrogen-bond acceptors (Lipinski definition) is 5. The van der Waals surface area contributed by atoms with Crippen LogP contribution in [0.1, 0.15) is 29.3 Å². The van der Waals surface area contributed by atoms with Gasteiger partial charge >= 0.3 is 0 Å². The van der Waals surface area contributed by atoms with Crippen molar-refractivity contribution in [3.05, 3.63) is 53.6 Å². The topological polar surface area (TPSA) is 54.0 Å². The molecule has 5 heteroatoms. The van der Waals surface area contributed by atoms with Gasteiger partial charge in [-0.05, 0) is 48.4 Å². The van der Waals surface area contributed by atoms with Crippen molar-refractivity contribution in [2.45, 2.75) is 13.3 Å². The third kappa shape index (κ3) is 4.79. The Hall–Kier alpha value is -2.95. The van der Waals surface area contributed by atoms with Gasteiger partial charge in [0, 0.05) is 5.56 Å². The van der Waals surface area contributed by atoms with Gasteiger partial charge in [0.2, 0.25) is 0 Å². The van der Waals surface area contributed by atoms with E-state index >= 15 is 0 Å². The van der Waals surface area contributed by atoms with Crippen LogP contribution in [0.15, 0.2) is 42.5 Å². The molecule has 0 saturated carbocycles. The second-order valence-corrected chi connectivity index (χ2v) is 5.53. The standard InChI is InChI=1S/C21H24O5/c1-5-12-26-19-10-7-15(13-20(19)24-3)6-9-17(22)16-8-11-18(23-2)21(14-16)25-4/h6-11,13-14H,5,12H2,1-4H3/b9-6+. The molecule has 2 aromatic carbocycles. The van der Waals surface area contributed by atoms with Gasteiger partial charge < -0.3 is 18.9 Å². The van der Waals surface area contributed by atoms with Crippen LogP contribution in [0, 0.1) is 0 Å². The van der Waals surface area contributed by atoms with Crippen molar-refractivity contribution < 1.29 is 23.7 Å². The highest BCUT2D eigenvalue weighted by molar-refractivity contribution is 6.07. The Labute approximate surface area is 154 Å². The molecule has 0 bridgehead atoms. The maximum absolute atomic E-state index is 12.4. The number of ketones is 1. The number of benzene rings is 2. The lowest BCUT2D eigenvalue weighted by Crippen LogP contribution is -1.98. The van der Waals surface area contributed by atoms with Crippen molar-refractivity contribution in [2.24, 2.45) is 0 Å². The maximum atomic E-state index is 12.4. The summed E-state index contributed by atoms with van der Waals surface area (Å²) in [4.78, 5) is 12.4. The Kier molecular flexibility index (Phi) is 7.09. The predicted octanol–water partition coefficient (Wildman–Crippen LogP) is 4.40. The Morgan fingerprint density at radius 1 is 0.885 bits per heavy atom. The summed E-state index contributed by atoms with van der Waals surface area (Å²) in [7, 11) is 4.69. The third-order valence-corrected chi connectivity index (χ3v) is 3.74. The van der Waals surface area contributed by atoms with E-state index in [1.54, 1.807) is 38.5 Å². The summed E-state index contributed by atoms with van der Waals surface area (Å²) in [6.45, 7) is 2.67. The lowest BCUT2D eigenvalue weighted by molar-refractivity contribution is 0.104. The molecule has 0 spiro atoms. The normalized spacial score (nSPS) is 10.6. The highest BCUT2D eigenvalue weighted by Crippen LogP contribution is 2.29. The molecule has 0 unspecified atom stereocenters. The first kappa shape index (κ1) is 19.4. The van der Waals surface area contributed by atoms with Crippen LogP contribution < -0.4 is 18.9 Å². The van der Waals surface area contributed by atoms with Crippen LogP contribution in [0.5, 0.6) is 23.0 Å². The summed E-state index contributed by atoms with van der Waals surface area (Å²) in [5, 5.41) is 0. The number of hydrogen-bond donors (Lipinski definition) is 0. The summed E-state index contributed by atoms with van der Waals surface area (Å²) in [5.74, 6) is 2.30. The van der Waals surface area contributed by atoms with Crippen LogP contribution in [-0.2, 0) is 0 Å². The molecule has 0 aliphatic carbocycles. The summed E-state index contributed by atoms with van der Waals surface area (Å²) in [5.41, 5.74) is 1.37. The number of ether oxygens (including phenoxy) is 4. The fourth-order valence-electron chi connectivity index (χ4n) is 2.38. The number of carbonyl (C=O) groups is 1. The van der Waals surface area contributed by atoms with Gasteiger partial charge in [0.25, 0.3) is 0 Å². The van der Waals surface area contributed by atoms with Gasteiger partial charge in [-0.25, -0.2) is 0 Å². The molecule has 0 heterocycles. The highest BCUT2D eigenvalue weighted by atomic mass is 16.5. The molecular formula is C21H24O5. The van der Waals surface area contributed by atoms with Crippen LogP contribution in [-0.4, -0.2) is 33.7 Å². The monoisotopic (exact) mass is 356 g/mol. The lowest BCUT2D eigenvalue weighted by atomic mass is 10.1. The Bertz CT molecular complexity index is 780. The first-order valence-electron chi connectivity index (χ1n) is 8.38. The van der Waals surface area contributed by atoms with E-state index < -0.39 is 0 Å². The van der Waals surface area contributed by atoms with Gasteiger partial charge in [-0.3, -0.25) is 4.79 Å². The second kappa shape index (κ2) is 9.51. The van der Waals surface area contributed by atoms with Crippen LogP contribution in [0.4, 0.5) is 0 Å². The minimum absolute atomic E-state index is 0.128. The summed E-state index contributed by atoms with van der Waals surface area (Å²) >= 11 is 0. The smallest absolute Gasteiger partial charge is 0.185 e. The molecular weight excluding hydrogens is 332 g/mol. The zero-order chi connectivity index (χ0) is 18.9. The second-order valence-electron chi connectivity index (χ2n) is 5.53. The van der Waals surface area contributed by atoms with Gasteiger partial charge in [-0.1, -0.05) is 19.1 Å². The molecule has 0 aromatic heterocycles. The molecule has 0 radical (unpaired) electrons. The molecule has 26 heavy (non-hydrogen) atoms. The summed E-state index contributed by atoms with van der Waals surface area (Å²) in [6, 6.07) is 10.6. The van der Waals surface area contributed by atoms with Gasteiger partial charge in [0.1, 0.15) is 0 Å². The van der Waals surface area contributed by atoms with Crippen molar-refractivity contribution >= 4 is 11.9 Å². The van der Waals surface area contributed by atoms with E-state index in [0.717, 1.165) is 12.0 Å². The maximum Gasteiger partial charge on any atom is 0.185 e. The van der Waals surface area contributed by atoms with E-state index in [-0.39, 0.29) is 5.78 Å². The number of rotatable bonds is 9. The van der Waals surface area contributed by atoms with E-state index in [4.69, 9.17) is 18.9 Å². The van der Waals surface area contributed by atoms with Gasteiger partial charge in [0.15, 0.2) is 28.8 Å². The molecule has 2 rings (SSSR count). The molecule has 0 N–H and O–H groups in total. The van der Waals surface area contributed by atoms with Crippen LogP contribution in [0.2, 0.25) is 0 Å². The van der Waals surface area contributed by atoms with Crippen molar-refractivity contribution in [2.75, 3.05) is 27.9 Å². The molecule has 5 nitrogen and oxygen atoms in total. The van der Waals surface area contributed by atoms with Crippen LogP contribution in [0.25, 0.3) is 6.08 Å². The number of allylic oxidation sites excluding steroid dienone is 1.